The highest BCUT2D eigenvalue weighted by Gasteiger charge is 2.21. The Hall–Kier alpha value is -3.65. The van der Waals surface area contributed by atoms with Crippen LogP contribution in [-0.2, 0) is 14.8 Å². The van der Waals surface area contributed by atoms with Crippen LogP contribution in [0.1, 0.15) is 40.5 Å². The number of benzene rings is 3. The summed E-state index contributed by atoms with van der Waals surface area (Å²) in [6.07, 6.45) is 1.75. The molecule has 7 nitrogen and oxygen atoms in total. The van der Waals surface area contributed by atoms with Gasteiger partial charge in [-0.1, -0.05) is 31.5 Å². The van der Waals surface area contributed by atoms with Crippen molar-refractivity contribution in [2.75, 3.05) is 23.3 Å². The van der Waals surface area contributed by atoms with Gasteiger partial charge in [-0.25, -0.2) is 13.2 Å². The van der Waals surface area contributed by atoms with Crippen LogP contribution in [0, 0.1) is 0 Å². The number of unbranched alkanes of at least 4 members (excludes halogenated alkanes) is 1. The Morgan fingerprint density at radius 2 is 1.48 bits per heavy atom. The molecule has 0 unspecified atom stereocenters. The summed E-state index contributed by atoms with van der Waals surface area (Å²) in [5.74, 6) is -0.750. The first-order valence-corrected chi connectivity index (χ1v) is 12.0. The summed E-state index contributed by atoms with van der Waals surface area (Å²) in [6, 6.07) is 20.8. The van der Waals surface area contributed by atoms with Crippen molar-refractivity contribution >= 4 is 33.3 Å². The van der Waals surface area contributed by atoms with Gasteiger partial charge in [-0.15, -0.1) is 0 Å². The summed E-state index contributed by atoms with van der Waals surface area (Å²) in [7, 11) is -2.23. The number of nitrogens with zero attached hydrogens (tertiary/aromatic N) is 1. The number of hydrogen-bond acceptors (Lipinski definition) is 5. The van der Waals surface area contributed by atoms with Gasteiger partial charge in [0.2, 0.25) is 0 Å². The molecule has 0 radical (unpaired) electrons. The van der Waals surface area contributed by atoms with Gasteiger partial charge in [0.05, 0.1) is 22.8 Å². The highest BCUT2D eigenvalue weighted by Crippen LogP contribution is 2.22. The van der Waals surface area contributed by atoms with Gasteiger partial charge < -0.3 is 10.1 Å². The maximum Gasteiger partial charge on any atom is 0.338 e. The summed E-state index contributed by atoms with van der Waals surface area (Å²) in [4.78, 5) is 24.7. The van der Waals surface area contributed by atoms with Gasteiger partial charge >= 0.3 is 5.97 Å². The van der Waals surface area contributed by atoms with Gasteiger partial charge in [0.15, 0.2) is 0 Å². The van der Waals surface area contributed by atoms with E-state index in [1.807, 2.05) is 6.92 Å². The van der Waals surface area contributed by atoms with Crippen LogP contribution >= 0.6 is 0 Å². The number of amides is 1. The number of hydrogen-bond donors (Lipinski definition) is 1. The van der Waals surface area contributed by atoms with Crippen LogP contribution in [0.2, 0.25) is 0 Å². The lowest BCUT2D eigenvalue weighted by molar-refractivity contribution is 0.0499. The average Bonchev–Trinajstić information content (AvgIpc) is 2.84. The Morgan fingerprint density at radius 1 is 0.879 bits per heavy atom. The van der Waals surface area contributed by atoms with Gasteiger partial charge in [-0.05, 0) is 67.1 Å². The average molecular weight is 467 g/mol. The Morgan fingerprint density at radius 3 is 2.09 bits per heavy atom. The number of ether oxygens (including phenoxy) is 1. The number of carbonyl (C=O) groups is 2. The van der Waals surface area contributed by atoms with Crippen LogP contribution in [0.3, 0.4) is 0 Å². The van der Waals surface area contributed by atoms with Crippen molar-refractivity contribution in [1.29, 1.82) is 0 Å². The molecule has 0 bridgehead atoms. The molecule has 1 N–H and O–H groups in total. The SMILES string of the molecule is CCCCOC(=O)c1ccc(NC(=O)c2ccc(N(C)S(=O)(=O)c3ccccc3)cc2)cc1. The molecule has 0 aromatic heterocycles. The summed E-state index contributed by atoms with van der Waals surface area (Å²) in [5, 5.41) is 2.76. The van der Waals surface area contributed by atoms with Crippen LogP contribution < -0.4 is 9.62 Å². The minimum absolute atomic E-state index is 0.187. The first kappa shape index (κ1) is 24.0. The van der Waals surface area contributed by atoms with Crippen molar-refractivity contribution in [2.24, 2.45) is 0 Å². The molecule has 0 aliphatic rings. The zero-order valence-electron chi connectivity index (χ0n) is 18.5. The maximum atomic E-state index is 12.8. The van der Waals surface area contributed by atoms with E-state index in [1.54, 1.807) is 66.7 Å². The number of anilines is 2. The van der Waals surface area contributed by atoms with Crippen molar-refractivity contribution < 1.29 is 22.7 Å². The van der Waals surface area contributed by atoms with Crippen LogP contribution in [0.5, 0.6) is 0 Å². The molecular weight excluding hydrogens is 440 g/mol. The van der Waals surface area contributed by atoms with Crippen molar-refractivity contribution in [3.8, 4) is 0 Å². The molecule has 172 valence electrons. The van der Waals surface area contributed by atoms with Crippen LogP contribution in [-0.4, -0.2) is 33.9 Å². The van der Waals surface area contributed by atoms with E-state index in [9.17, 15) is 18.0 Å². The molecule has 0 fully saturated rings. The Bertz CT molecular complexity index is 1190. The predicted octanol–water partition coefficient (Wildman–Crippen LogP) is 4.72. The fraction of sp³-hybridized carbons (Fsp3) is 0.200. The largest absolute Gasteiger partial charge is 0.462 e. The molecule has 0 aliphatic heterocycles. The van der Waals surface area contributed by atoms with Crippen LogP contribution in [0.15, 0.2) is 83.8 Å². The van der Waals surface area contributed by atoms with E-state index in [0.717, 1.165) is 12.8 Å². The standard InChI is InChI=1S/C25H26N2O5S/c1-3-4-18-32-25(29)20-10-14-21(15-11-20)26-24(28)19-12-16-22(17-13-19)27(2)33(30,31)23-8-6-5-7-9-23/h5-17H,3-4,18H2,1-2H3,(H,26,28). The third kappa shape index (κ3) is 5.98. The normalized spacial score (nSPS) is 11.0. The molecule has 0 spiro atoms. The van der Waals surface area contributed by atoms with E-state index < -0.39 is 16.0 Å². The fourth-order valence-electron chi connectivity index (χ4n) is 3.00. The number of sulfonamides is 1. The first-order chi connectivity index (χ1) is 15.8. The van der Waals surface area contributed by atoms with Crippen molar-refractivity contribution in [3.63, 3.8) is 0 Å². The Balaban J connectivity index is 1.64. The molecule has 0 heterocycles. The van der Waals surface area contributed by atoms with Crippen LogP contribution in [0.25, 0.3) is 0 Å². The van der Waals surface area contributed by atoms with E-state index in [-0.39, 0.29) is 10.8 Å². The highest BCUT2D eigenvalue weighted by molar-refractivity contribution is 7.92. The molecule has 0 aliphatic carbocycles. The lowest BCUT2D eigenvalue weighted by atomic mass is 10.1. The van der Waals surface area contributed by atoms with Crippen molar-refractivity contribution in [3.05, 3.63) is 90.0 Å². The highest BCUT2D eigenvalue weighted by atomic mass is 32.2. The van der Waals surface area contributed by atoms with E-state index in [4.69, 9.17) is 4.74 Å². The summed E-state index contributed by atoms with van der Waals surface area (Å²) < 4.78 is 31.8. The smallest absolute Gasteiger partial charge is 0.338 e. The molecule has 0 saturated carbocycles. The second-order valence-corrected chi connectivity index (χ2v) is 9.32. The van der Waals surface area contributed by atoms with Crippen LogP contribution in [0.4, 0.5) is 11.4 Å². The molecule has 3 aromatic rings. The minimum atomic E-state index is -3.70. The third-order valence-electron chi connectivity index (χ3n) is 5.00. The maximum absolute atomic E-state index is 12.8. The van der Waals surface area contributed by atoms with E-state index in [0.29, 0.717) is 29.1 Å². The zero-order chi connectivity index (χ0) is 23.8. The molecule has 8 heteroatoms. The van der Waals surface area contributed by atoms with Gasteiger partial charge in [0.1, 0.15) is 0 Å². The minimum Gasteiger partial charge on any atom is -0.462 e. The number of nitrogens with one attached hydrogen (secondary N) is 1. The third-order valence-corrected chi connectivity index (χ3v) is 6.80. The summed E-state index contributed by atoms with van der Waals surface area (Å²) >= 11 is 0. The van der Waals surface area contributed by atoms with Gasteiger partial charge in [0.25, 0.3) is 15.9 Å². The molecule has 3 rings (SSSR count). The molecule has 1 amide bonds. The lowest BCUT2D eigenvalue weighted by Gasteiger charge is -2.19. The van der Waals surface area contributed by atoms with Gasteiger partial charge in [-0.3, -0.25) is 9.10 Å². The first-order valence-electron chi connectivity index (χ1n) is 10.6. The lowest BCUT2D eigenvalue weighted by Crippen LogP contribution is -2.26. The Kier molecular flexibility index (Phi) is 7.84. The summed E-state index contributed by atoms with van der Waals surface area (Å²) in [5.41, 5.74) is 1.74. The van der Waals surface area contributed by atoms with Crippen molar-refractivity contribution in [2.45, 2.75) is 24.7 Å². The molecule has 3 aromatic carbocycles. The molecule has 0 saturated heterocycles. The molecular formula is C25H26N2O5S. The number of carbonyl (C=O) groups excluding carboxylic acids is 2. The van der Waals surface area contributed by atoms with Gasteiger partial charge in [-0.2, -0.15) is 0 Å². The second kappa shape index (κ2) is 10.8. The monoisotopic (exact) mass is 466 g/mol. The van der Waals surface area contributed by atoms with Gasteiger partial charge in [0, 0.05) is 18.3 Å². The van der Waals surface area contributed by atoms with E-state index in [1.165, 1.54) is 23.5 Å². The predicted molar refractivity (Wildman–Crippen MR) is 128 cm³/mol. The fourth-order valence-corrected chi connectivity index (χ4v) is 4.21. The molecule has 33 heavy (non-hydrogen) atoms. The Labute approximate surface area is 194 Å². The number of rotatable bonds is 9. The van der Waals surface area contributed by atoms with E-state index >= 15 is 0 Å². The van der Waals surface area contributed by atoms with E-state index in [2.05, 4.69) is 5.32 Å². The number of esters is 1. The molecule has 0 atom stereocenters. The quantitative estimate of drug-likeness (QED) is 0.364. The topological polar surface area (TPSA) is 92.8 Å². The zero-order valence-corrected chi connectivity index (χ0v) is 19.3. The van der Waals surface area contributed by atoms with Crippen molar-refractivity contribution in [1.82, 2.24) is 0 Å². The second-order valence-electron chi connectivity index (χ2n) is 7.35. The summed E-state index contributed by atoms with van der Waals surface area (Å²) in [6.45, 7) is 2.40.